The maximum absolute atomic E-state index is 10.4. The fourth-order valence-corrected chi connectivity index (χ4v) is 1.32. The molecule has 0 radical (unpaired) electrons. The van der Waals surface area contributed by atoms with Gasteiger partial charge in [0.15, 0.2) is 0 Å². The lowest BCUT2D eigenvalue weighted by atomic mass is 10.3. The van der Waals surface area contributed by atoms with Crippen molar-refractivity contribution in [2.75, 3.05) is 0 Å². The predicted molar refractivity (Wildman–Crippen MR) is 42.7 cm³/mol. The number of carbonyl (C=O) groups is 1. The summed E-state index contributed by atoms with van der Waals surface area (Å²) in [6.07, 6.45) is 0.688. The molecule has 0 spiro atoms. The quantitative estimate of drug-likeness (QED) is 0.830. The molecule has 0 amide bonds. The highest BCUT2D eigenvalue weighted by Gasteiger charge is 2.11. The van der Waals surface area contributed by atoms with Crippen molar-refractivity contribution in [3.05, 3.63) is 22.1 Å². The molecule has 0 aromatic carbocycles. The van der Waals surface area contributed by atoms with Gasteiger partial charge in [0, 0.05) is 12.5 Å². The summed E-state index contributed by atoms with van der Waals surface area (Å²) < 4.78 is 5.70. The first kappa shape index (κ1) is 8.33. The molecule has 1 aromatic heterocycles. The van der Waals surface area contributed by atoms with Gasteiger partial charge in [-0.05, 0) is 15.9 Å². The Morgan fingerprint density at radius 3 is 2.73 bits per heavy atom. The molecule has 1 N–H and O–H groups in total. The van der Waals surface area contributed by atoms with E-state index in [2.05, 4.69) is 15.9 Å². The van der Waals surface area contributed by atoms with E-state index in [1.54, 1.807) is 0 Å². The molecule has 1 heterocycles. The van der Waals surface area contributed by atoms with E-state index in [4.69, 9.17) is 9.52 Å². The zero-order valence-electron chi connectivity index (χ0n) is 5.93. The molecule has 1 aromatic rings. The molecular weight excluding hydrogens is 212 g/mol. The van der Waals surface area contributed by atoms with Gasteiger partial charge < -0.3 is 9.52 Å². The fraction of sp³-hybridized carbons (Fsp3) is 0.286. The summed E-state index contributed by atoms with van der Waals surface area (Å²) in [5, 5.41) is 8.50. The lowest BCUT2D eigenvalue weighted by molar-refractivity contribution is 0.0660. The normalized spacial score (nSPS) is 10.0. The number of aryl methyl sites for hydroxylation is 1. The summed E-state index contributed by atoms with van der Waals surface area (Å²) in [6, 6.07) is 1.46. The van der Waals surface area contributed by atoms with Crippen molar-refractivity contribution in [1.29, 1.82) is 0 Å². The van der Waals surface area contributed by atoms with Crippen molar-refractivity contribution in [3.63, 3.8) is 0 Å². The van der Waals surface area contributed by atoms with Crippen molar-refractivity contribution in [3.8, 4) is 0 Å². The summed E-state index contributed by atoms with van der Waals surface area (Å²) in [6.45, 7) is 1.90. The maximum atomic E-state index is 10.4. The molecule has 1 rings (SSSR count). The van der Waals surface area contributed by atoms with Crippen LogP contribution in [0.2, 0.25) is 0 Å². The van der Waals surface area contributed by atoms with E-state index in [9.17, 15) is 4.79 Å². The first-order valence-electron chi connectivity index (χ1n) is 3.16. The topological polar surface area (TPSA) is 50.4 Å². The standard InChI is InChI=1S/C7H7BrO3/c1-2-5-4(8)3-6(11-5)7(9)10/h3H,2H2,1H3,(H,9,10). The molecule has 60 valence electrons. The van der Waals surface area contributed by atoms with Gasteiger partial charge in [-0.25, -0.2) is 4.79 Å². The van der Waals surface area contributed by atoms with Gasteiger partial charge in [0.05, 0.1) is 4.47 Å². The number of halogens is 1. The number of aromatic carboxylic acids is 1. The number of rotatable bonds is 2. The van der Waals surface area contributed by atoms with Crippen LogP contribution < -0.4 is 0 Å². The second-order valence-electron chi connectivity index (χ2n) is 2.04. The van der Waals surface area contributed by atoms with E-state index in [0.29, 0.717) is 12.2 Å². The first-order valence-corrected chi connectivity index (χ1v) is 3.96. The van der Waals surface area contributed by atoms with Crippen LogP contribution in [-0.4, -0.2) is 11.1 Å². The molecule has 0 aliphatic heterocycles. The minimum absolute atomic E-state index is 0.0197. The van der Waals surface area contributed by atoms with E-state index in [1.807, 2.05) is 6.92 Å². The van der Waals surface area contributed by atoms with Gasteiger partial charge in [0.25, 0.3) is 0 Å². The molecule has 3 nitrogen and oxygen atoms in total. The van der Waals surface area contributed by atoms with Crippen LogP contribution in [0, 0.1) is 0 Å². The van der Waals surface area contributed by atoms with Gasteiger partial charge in [0.2, 0.25) is 5.76 Å². The molecule has 0 aliphatic carbocycles. The molecule has 0 saturated carbocycles. The van der Waals surface area contributed by atoms with Crippen LogP contribution in [0.3, 0.4) is 0 Å². The smallest absolute Gasteiger partial charge is 0.371 e. The average Bonchev–Trinajstić information content (AvgIpc) is 2.31. The summed E-state index contributed by atoms with van der Waals surface area (Å²) in [5.41, 5.74) is 0. The molecular formula is C7H7BrO3. The second kappa shape index (κ2) is 3.09. The van der Waals surface area contributed by atoms with Crippen molar-refractivity contribution >= 4 is 21.9 Å². The van der Waals surface area contributed by atoms with Crippen LogP contribution in [0.25, 0.3) is 0 Å². The van der Waals surface area contributed by atoms with Crippen LogP contribution >= 0.6 is 15.9 Å². The van der Waals surface area contributed by atoms with E-state index in [-0.39, 0.29) is 5.76 Å². The van der Waals surface area contributed by atoms with Crippen LogP contribution in [-0.2, 0) is 6.42 Å². The summed E-state index contributed by atoms with van der Waals surface area (Å²) in [4.78, 5) is 10.4. The third-order valence-electron chi connectivity index (χ3n) is 1.29. The SMILES string of the molecule is CCc1oc(C(=O)O)cc1Br. The third kappa shape index (κ3) is 1.63. The number of hydrogen-bond donors (Lipinski definition) is 1. The van der Waals surface area contributed by atoms with E-state index in [1.165, 1.54) is 6.07 Å². The Morgan fingerprint density at radius 2 is 2.45 bits per heavy atom. The van der Waals surface area contributed by atoms with Gasteiger partial charge >= 0.3 is 5.97 Å². The van der Waals surface area contributed by atoms with Crippen LogP contribution in [0.5, 0.6) is 0 Å². The van der Waals surface area contributed by atoms with Crippen molar-refractivity contribution < 1.29 is 14.3 Å². The van der Waals surface area contributed by atoms with Crippen molar-refractivity contribution in [2.45, 2.75) is 13.3 Å². The van der Waals surface area contributed by atoms with Crippen LogP contribution in [0.1, 0.15) is 23.2 Å². The number of carboxylic acid groups (broad SMARTS) is 1. The van der Waals surface area contributed by atoms with Gasteiger partial charge in [-0.2, -0.15) is 0 Å². The Balaban J connectivity index is 3.05. The van der Waals surface area contributed by atoms with Gasteiger partial charge in [0.1, 0.15) is 5.76 Å². The second-order valence-corrected chi connectivity index (χ2v) is 2.89. The highest BCUT2D eigenvalue weighted by atomic mass is 79.9. The van der Waals surface area contributed by atoms with Gasteiger partial charge in [-0.15, -0.1) is 0 Å². The molecule has 0 aliphatic rings. The van der Waals surface area contributed by atoms with Crippen LogP contribution in [0.4, 0.5) is 0 Å². The number of carboxylic acids is 1. The predicted octanol–water partition coefficient (Wildman–Crippen LogP) is 2.30. The largest absolute Gasteiger partial charge is 0.475 e. The van der Waals surface area contributed by atoms with Crippen LogP contribution in [0.15, 0.2) is 15.0 Å². The van der Waals surface area contributed by atoms with Crippen molar-refractivity contribution in [1.82, 2.24) is 0 Å². The minimum atomic E-state index is -1.04. The molecule has 11 heavy (non-hydrogen) atoms. The third-order valence-corrected chi connectivity index (χ3v) is 1.96. The fourth-order valence-electron chi connectivity index (χ4n) is 0.753. The zero-order valence-corrected chi connectivity index (χ0v) is 7.51. The lowest BCUT2D eigenvalue weighted by Crippen LogP contribution is -1.91. The molecule has 0 bridgehead atoms. The molecule has 0 fully saturated rings. The summed E-state index contributed by atoms with van der Waals surface area (Å²) in [5.74, 6) is -0.387. The Hall–Kier alpha value is -0.770. The number of furan rings is 1. The number of hydrogen-bond acceptors (Lipinski definition) is 2. The van der Waals surface area contributed by atoms with Crippen molar-refractivity contribution in [2.24, 2.45) is 0 Å². The Morgan fingerprint density at radius 1 is 1.82 bits per heavy atom. The maximum Gasteiger partial charge on any atom is 0.371 e. The molecule has 4 heteroatoms. The van der Waals surface area contributed by atoms with Gasteiger partial charge in [-0.3, -0.25) is 0 Å². The molecule has 0 saturated heterocycles. The Labute approximate surface area is 72.1 Å². The zero-order chi connectivity index (χ0) is 8.43. The van der Waals surface area contributed by atoms with Gasteiger partial charge in [-0.1, -0.05) is 6.92 Å². The first-order chi connectivity index (χ1) is 5.15. The summed E-state index contributed by atoms with van der Waals surface area (Å²) >= 11 is 3.19. The van der Waals surface area contributed by atoms with E-state index >= 15 is 0 Å². The molecule has 0 unspecified atom stereocenters. The Kier molecular flexibility index (Phi) is 2.34. The highest BCUT2D eigenvalue weighted by Crippen LogP contribution is 2.21. The van der Waals surface area contributed by atoms with E-state index in [0.717, 1.165) is 4.47 Å². The minimum Gasteiger partial charge on any atom is -0.475 e. The average molecular weight is 219 g/mol. The highest BCUT2D eigenvalue weighted by molar-refractivity contribution is 9.10. The monoisotopic (exact) mass is 218 g/mol. The molecule has 0 atom stereocenters. The summed E-state index contributed by atoms with van der Waals surface area (Å²) in [7, 11) is 0. The Bertz CT molecular complexity index is 277. The van der Waals surface area contributed by atoms with E-state index < -0.39 is 5.97 Å². The lowest BCUT2D eigenvalue weighted by Gasteiger charge is -1.87.